The molecular formula is C14H22N2O4. The topological polar surface area (TPSA) is 90.8 Å². The van der Waals surface area contributed by atoms with Gasteiger partial charge in [0.2, 0.25) is 0 Å². The zero-order valence-electron chi connectivity index (χ0n) is 12.1. The highest BCUT2D eigenvalue weighted by atomic mass is 16.6. The first-order chi connectivity index (χ1) is 9.28. The van der Waals surface area contributed by atoms with Crippen molar-refractivity contribution in [1.82, 2.24) is 10.6 Å². The number of rotatable bonds is 5. The minimum Gasteiger partial charge on any atom is -0.508 e. The number of amides is 1. The van der Waals surface area contributed by atoms with Gasteiger partial charge in [-0.05, 0) is 26.8 Å². The highest BCUT2D eigenvalue weighted by molar-refractivity contribution is 5.67. The normalized spacial score (nSPS) is 11.2. The van der Waals surface area contributed by atoms with E-state index in [0.717, 1.165) is 0 Å². The summed E-state index contributed by atoms with van der Waals surface area (Å²) in [6.45, 7) is 6.82. The van der Waals surface area contributed by atoms with Crippen molar-refractivity contribution in [3.05, 3.63) is 23.8 Å². The molecule has 6 nitrogen and oxygen atoms in total. The fraction of sp³-hybridized carbons (Fsp3) is 0.500. The maximum atomic E-state index is 11.4. The fourth-order valence-electron chi connectivity index (χ4n) is 1.49. The van der Waals surface area contributed by atoms with Gasteiger partial charge in [-0.3, -0.25) is 0 Å². The average molecular weight is 282 g/mol. The predicted molar refractivity (Wildman–Crippen MR) is 75.7 cm³/mol. The smallest absolute Gasteiger partial charge is 0.407 e. The number of aromatic hydroxyl groups is 2. The van der Waals surface area contributed by atoms with Crippen LogP contribution < -0.4 is 10.6 Å². The van der Waals surface area contributed by atoms with E-state index in [4.69, 9.17) is 9.84 Å². The SMILES string of the molecule is CC(C)(C)OC(=O)NCCNCc1ccc(O)cc1O. The largest absolute Gasteiger partial charge is 0.508 e. The van der Waals surface area contributed by atoms with Gasteiger partial charge in [0, 0.05) is 31.3 Å². The number of hydrogen-bond acceptors (Lipinski definition) is 5. The summed E-state index contributed by atoms with van der Waals surface area (Å²) >= 11 is 0. The van der Waals surface area contributed by atoms with Crippen LogP contribution in [0.2, 0.25) is 0 Å². The molecule has 0 bridgehead atoms. The Labute approximate surface area is 118 Å². The van der Waals surface area contributed by atoms with Gasteiger partial charge in [0.1, 0.15) is 17.1 Å². The Morgan fingerprint density at radius 3 is 2.55 bits per heavy atom. The van der Waals surface area contributed by atoms with Crippen molar-refractivity contribution in [2.45, 2.75) is 32.9 Å². The van der Waals surface area contributed by atoms with Crippen LogP contribution in [0.15, 0.2) is 18.2 Å². The molecule has 20 heavy (non-hydrogen) atoms. The second-order valence-corrected chi connectivity index (χ2v) is 5.42. The Balaban J connectivity index is 2.21. The van der Waals surface area contributed by atoms with Crippen LogP contribution in [0.3, 0.4) is 0 Å². The second kappa shape index (κ2) is 7.00. The first kappa shape index (κ1) is 16.1. The molecule has 1 rings (SSSR count). The lowest BCUT2D eigenvalue weighted by atomic mass is 10.2. The molecule has 0 unspecified atom stereocenters. The van der Waals surface area contributed by atoms with E-state index >= 15 is 0 Å². The molecular weight excluding hydrogens is 260 g/mol. The van der Waals surface area contributed by atoms with E-state index in [1.165, 1.54) is 12.1 Å². The molecule has 0 saturated heterocycles. The number of benzene rings is 1. The lowest BCUT2D eigenvalue weighted by Gasteiger charge is -2.19. The summed E-state index contributed by atoms with van der Waals surface area (Å²) in [6.07, 6.45) is -0.452. The van der Waals surface area contributed by atoms with Crippen LogP contribution in [0, 0.1) is 0 Å². The number of carbonyl (C=O) groups excluding carboxylic acids is 1. The number of carbonyl (C=O) groups is 1. The van der Waals surface area contributed by atoms with E-state index in [1.807, 2.05) is 0 Å². The lowest BCUT2D eigenvalue weighted by molar-refractivity contribution is 0.0528. The number of hydrogen-bond donors (Lipinski definition) is 4. The first-order valence-electron chi connectivity index (χ1n) is 6.46. The zero-order valence-corrected chi connectivity index (χ0v) is 12.1. The van der Waals surface area contributed by atoms with E-state index < -0.39 is 11.7 Å². The molecule has 1 aromatic carbocycles. The predicted octanol–water partition coefficient (Wildman–Crippen LogP) is 1.71. The molecule has 0 saturated carbocycles. The van der Waals surface area contributed by atoms with E-state index in [1.54, 1.807) is 26.8 Å². The van der Waals surface area contributed by atoms with Gasteiger partial charge in [-0.2, -0.15) is 0 Å². The monoisotopic (exact) mass is 282 g/mol. The van der Waals surface area contributed by atoms with Crippen molar-refractivity contribution >= 4 is 6.09 Å². The van der Waals surface area contributed by atoms with Crippen LogP contribution in [-0.2, 0) is 11.3 Å². The van der Waals surface area contributed by atoms with Gasteiger partial charge in [-0.15, -0.1) is 0 Å². The van der Waals surface area contributed by atoms with Gasteiger partial charge in [0.25, 0.3) is 0 Å². The Morgan fingerprint density at radius 2 is 1.95 bits per heavy atom. The molecule has 0 radical (unpaired) electrons. The Morgan fingerprint density at radius 1 is 1.25 bits per heavy atom. The average Bonchev–Trinajstić information content (AvgIpc) is 2.28. The Bertz CT molecular complexity index is 455. The molecule has 0 aromatic heterocycles. The van der Waals surface area contributed by atoms with Crippen LogP contribution in [-0.4, -0.2) is 35.0 Å². The van der Waals surface area contributed by atoms with E-state index in [9.17, 15) is 9.90 Å². The first-order valence-corrected chi connectivity index (χ1v) is 6.46. The third-order valence-electron chi connectivity index (χ3n) is 2.35. The van der Waals surface area contributed by atoms with Crippen molar-refractivity contribution in [2.24, 2.45) is 0 Å². The van der Waals surface area contributed by atoms with Crippen LogP contribution >= 0.6 is 0 Å². The van der Waals surface area contributed by atoms with Crippen LogP contribution in [0.4, 0.5) is 4.79 Å². The van der Waals surface area contributed by atoms with Gasteiger partial charge in [0.05, 0.1) is 0 Å². The summed E-state index contributed by atoms with van der Waals surface area (Å²) in [6, 6.07) is 4.44. The fourth-order valence-corrected chi connectivity index (χ4v) is 1.49. The van der Waals surface area contributed by atoms with Crippen LogP contribution in [0.25, 0.3) is 0 Å². The number of phenols is 2. The quantitative estimate of drug-likeness (QED) is 0.617. The van der Waals surface area contributed by atoms with E-state index in [2.05, 4.69) is 10.6 Å². The molecule has 4 N–H and O–H groups in total. The Kier molecular flexibility index (Phi) is 5.64. The maximum absolute atomic E-state index is 11.4. The van der Waals surface area contributed by atoms with E-state index in [-0.39, 0.29) is 11.5 Å². The molecule has 0 aliphatic carbocycles. The molecule has 0 heterocycles. The number of phenolic OH excluding ortho intramolecular Hbond substituents is 2. The maximum Gasteiger partial charge on any atom is 0.407 e. The van der Waals surface area contributed by atoms with Gasteiger partial charge < -0.3 is 25.6 Å². The molecule has 6 heteroatoms. The summed E-state index contributed by atoms with van der Waals surface area (Å²) < 4.78 is 5.09. The highest BCUT2D eigenvalue weighted by Crippen LogP contribution is 2.21. The third-order valence-corrected chi connectivity index (χ3v) is 2.35. The number of nitrogens with one attached hydrogen (secondary N) is 2. The minimum atomic E-state index is -0.505. The molecule has 0 aliphatic rings. The van der Waals surface area contributed by atoms with E-state index in [0.29, 0.717) is 25.2 Å². The number of ether oxygens (including phenoxy) is 1. The molecule has 0 fully saturated rings. The highest BCUT2D eigenvalue weighted by Gasteiger charge is 2.15. The van der Waals surface area contributed by atoms with Crippen molar-refractivity contribution in [2.75, 3.05) is 13.1 Å². The summed E-state index contributed by atoms with van der Waals surface area (Å²) in [5.74, 6) is 0.0652. The standard InChI is InChI=1S/C14H22N2O4/c1-14(2,3)20-13(19)16-7-6-15-9-10-4-5-11(17)8-12(10)18/h4-5,8,15,17-18H,6-7,9H2,1-3H3,(H,16,19). The second-order valence-electron chi connectivity index (χ2n) is 5.42. The zero-order chi connectivity index (χ0) is 15.2. The van der Waals surface area contributed by atoms with Gasteiger partial charge in [0.15, 0.2) is 0 Å². The molecule has 1 aromatic rings. The molecule has 0 aliphatic heterocycles. The van der Waals surface area contributed by atoms with Crippen LogP contribution in [0.5, 0.6) is 11.5 Å². The molecule has 112 valence electrons. The van der Waals surface area contributed by atoms with Crippen molar-refractivity contribution in [3.8, 4) is 11.5 Å². The van der Waals surface area contributed by atoms with Gasteiger partial charge in [-0.25, -0.2) is 4.79 Å². The lowest BCUT2D eigenvalue weighted by Crippen LogP contribution is -2.36. The molecule has 0 spiro atoms. The molecule has 0 atom stereocenters. The van der Waals surface area contributed by atoms with Crippen molar-refractivity contribution in [3.63, 3.8) is 0 Å². The summed E-state index contributed by atoms with van der Waals surface area (Å²) in [5.41, 5.74) is 0.176. The van der Waals surface area contributed by atoms with Crippen molar-refractivity contribution < 1.29 is 19.7 Å². The third kappa shape index (κ3) is 6.29. The number of alkyl carbamates (subject to hydrolysis) is 1. The molecule has 1 amide bonds. The summed E-state index contributed by atoms with van der Waals surface area (Å²) in [5, 5.41) is 24.4. The Hall–Kier alpha value is -1.95. The van der Waals surface area contributed by atoms with Gasteiger partial charge in [-0.1, -0.05) is 6.07 Å². The summed E-state index contributed by atoms with van der Waals surface area (Å²) in [7, 11) is 0. The van der Waals surface area contributed by atoms with Gasteiger partial charge >= 0.3 is 6.09 Å². The van der Waals surface area contributed by atoms with Crippen LogP contribution in [0.1, 0.15) is 26.3 Å². The minimum absolute atomic E-state index is 0.0258. The summed E-state index contributed by atoms with van der Waals surface area (Å²) in [4.78, 5) is 11.4. The van der Waals surface area contributed by atoms with Crippen molar-refractivity contribution in [1.29, 1.82) is 0 Å².